The van der Waals surface area contributed by atoms with Crippen LogP contribution in [0, 0.1) is 11.8 Å². The second-order valence-corrected chi connectivity index (χ2v) is 19.4. The molecule has 0 aromatic rings. The molecule has 0 bridgehead atoms. The van der Waals surface area contributed by atoms with E-state index in [1.54, 1.807) is 0 Å². The molecule has 0 aliphatic rings. The van der Waals surface area contributed by atoms with Gasteiger partial charge in [-0.05, 0) is 31.1 Å². The van der Waals surface area contributed by atoms with E-state index in [9.17, 15) is 14.4 Å². The van der Waals surface area contributed by atoms with Gasteiger partial charge in [0.2, 0.25) is 0 Å². The van der Waals surface area contributed by atoms with E-state index in [4.69, 9.17) is 14.2 Å². The first kappa shape index (κ1) is 59.4. The maximum absolute atomic E-state index is 12.8. The molecular weight excluding hydrogens is 757 g/mol. The van der Waals surface area contributed by atoms with Gasteiger partial charge in [0, 0.05) is 19.3 Å². The zero-order valence-electron chi connectivity index (χ0n) is 41.8. The number of hydrogen-bond donors (Lipinski definition) is 0. The Hall–Kier alpha value is -1.59. The summed E-state index contributed by atoms with van der Waals surface area (Å²) in [5, 5.41) is 0. The maximum atomic E-state index is 12.8. The summed E-state index contributed by atoms with van der Waals surface area (Å²) in [4.78, 5) is 38.0. The van der Waals surface area contributed by atoms with E-state index in [1.807, 2.05) is 0 Å². The molecular formula is C55H106O6. The Morgan fingerprint density at radius 1 is 0.328 bits per heavy atom. The smallest absolute Gasteiger partial charge is 0.306 e. The predicted molar refractivity (Wildman–Crippen MR) is 261 cm³/mol. The van der Waals surface area contributed by atoms with E-state index in [0.29, 0.717) is 19.3 Å². The van der Waals surface area contributed by atoms with Crippen molar-refractivity contribution in [1.29, 1.82) is 0 Å². The lowest BCUT2D eigenvalue weighted by Crippen LogP contribution is -2.30. The molecule has 0 fully saturated rings. The third-order valence-corrected chi connectivity index (χ3v) is 13.2. The highest BCUT2D eigenvalue weighted by atomic mass is 16.6. The fourth-order valence-electron chi connectivity index (χ4n) is 8.28. The molecule has 0 aromatic heterocycles. The van der Waals surface area contributed by atoms with Crippen LogP contribution >= 0.6 is 0 Å². The summed E-state index contributed by atoms with van der Waals surface area (Å²) >= 11 is 0. The third-order valence-electron chi connectivity index (χ3n) is 13.2. The van der Waals surface area contributed by atoms with Crippen molar-refractivity contribution in [1.82, 2.24) is 0 Å². The second-order valence-electron chi connectivity index (χ2n) is 19.4. The van der Waals surface area contributed by atoms with Crippen molar-refractivity contribution < 1.29 is 28.6 Å². The van der Waals surface area contributed by atoms with Gasteiger partial charge < -0.3 is 14.2 Å². The van der Waals surface area contributed by atoms with Gasteiger partial charge in [-0.15, -0.1) is 0 Å². The zero-order chi connectivity index (χ0) is 44.7. The van der Waals surface area contributed by atoms with Gasteiger partial charge in [-0.25, -0.2) is 0 Å². The molecule has 0 radical (unpaired) electrons. The first-order valence-corrected chi connectivity index (χ1v) is 27.3. The summed E-state index contributed by atoms with van der Waals surface area (Å²) in [6.45, 7) is 11.4. The van der Waals surface area contributed by atoms with Gasteiger partial charge >= 0.3 is 17.9 Å². The highest BCUT2D eigenvalue weighted by Crippen LogP contribution is 2.18. The van der Waals surface area contributed by atoms with Crippen molar-refractivity contribution >= 4 is 17.9 Å². The zero-order valence-corrected chi connectivity index (χ0v) is 41.8. The molecule has 2 unspecified atom stereocenters. The summed E-state index contributed by atoms with van der Waals surface area (Å²) in [7, 11) is 0. The minimum atomic E-state index is -0.763. The van der Waals surface area contributed by atoms with E-state index in [-0.39, 0.29) is 31.1 Å². The monoisotopic (exact) mass is 863 g/mol. The second kappa shape index (κ2) is 47.9. The fraction of sp³-hybridized carbons (Fsp3) is 0.945. The summed E-state index contributed by atoms with van der Waals surface area (Å²) in [5.74, 6) is 0.868. The molecule has 0 saturated carbocycles. The molecule has 0 heterocycles. The largest absolute Gasteiger partial charge is 0.462 e. The number of carbonyl (C=O) groups excluding carboxylic acids is 3. The SMILES string of the molecule is CCCCCCCCCCCCCCCCCCCC(=O)OC[C@@H](COC(=O)CCCCCCCCCCCCC(C)CC)OC(=O)CCCCCCCCCCC(C)CC. The van der Waals surface area contributed by atoms with Crippen molar-refractivity contribution in [3.05, 3.63) is 0 Å². The first-order valence-electron chi connectivity index (χ1n) is 27.3. The number of esters is 3. The molecule has 362 valence electrons. The van der Waals surface area contributed by atoms with Gasteiger partial charge in [0.1, 0.15) is 13.2 Å². The Balaban J connectivity index is 4.30. The van der Waals surface area contributed by atoms with Crippen LogP contribution in [0.3, 0.4) is 0 Å². The minimum Gasteiger partial charge on any atom is -0.462 e. The number of hydrogen-bond acceptors (Lipinski definition) is 6. The molecule has 0 aliphatic carbocycles. The molecule has 0 rings (SSSR count). The number of unbranched alkanes of at least 4 members (excludes halogenated alkanes) is 32. The Morgan fingerprint density at radius 3 is 0.852 bits per heavy atom. The van der Waals surface area contributed by atoms with E-state index >= 15 is 0 Å². The van der Waals surface area contributed by atoms with Gasteiger partial charge in [0.15, 0.2) is 6.10 Å². The lowest BCUT2D eigenvalue weighted by molar-refractivity contribution is -0.167. The Kier molecular flexibility index (Phi) is 46.6. The molecule has 3 atom stereocenters. The Morgan fingerprint density at radius 2 is 0.574 bits per heavy atom. The van der Waals surface area contributed by atoms with Crippen LogP contribution in [-0.2, 0) is 28.6 Å². The minimum absolute atomic E-state index is 0.0638. The first-order chi connectivity index (χ1) is 29.8. The molecule has 0 aromatic carbocycles. The van der Waals surface area contributed by atoms with E-state index < -0.39 is 6.10 Å². The highest BCUT2D eigenvalue weighted by Gasteiger charge is 2.19. The Labute approximate surface area is 380 Å². The van der Waals surface area contributed by atoms with Crippen LogP contribution in [0.25, 0.3) is 0 Å². The lowest BCUT2D eigenvalue weighted by atomic mass is 9.99. The van der Waals surface area contributed by atoms with Crippen LogP contribution in [0.15, 0.2) is 0 Å². The maximum Gasteiger partial charge on any atom is 0.306 e. The third kappa shape index (κ3) is 46.2. The van der Waals surface area contributed by atoms with Crippen LogP contribution in [0.5, 0.6) is 0 Å². The molecule has 0 spiro atoms. The van der Waals surface area contributed by atoms with Crippen molar-refractivity contribution in [2.24, 2.45) is 11.8 Å². The van der Waals surface area contributed by atoms with Gasteiger partial charge in [-0.3, -0.25) is 14.4 Å². The quantitative estimate of drug-likeness (QED) is 0.0344. The van der Waals surface area contributed by atoms with E-state index in [2.05, 4.69) is 34.6 Å². The number of ether oxygens (including phenoxy) is 3. The van der Waals surface area contributed by atoms with Crippen LogP contribution in [0.4, 0.5) is 0 Å². The average Bonchev–Trinajstić information content (AvgIpc) is 3.26. The van der Waals surface area contributed by atoms with Crippen LogP contribution in [0.2, 0.25) is 0 Å². The summed E-state index contributed by atoms with van der Waals surface area (Å²) in [5.41, 5.74) is 0. The molecule has 6 heteroatoms. The van der Waals surface area contributed by atoms with Crippen molar-refractivity contribution in [2.45, 2.75) is 310 Å². The fourth-order valence-corrected chi connectivity index (χ4v) is 8.28. The standard InChI is InChI=1S/C55H106O6/c1-6-9-10-11-12-13-14-15-16-17-18-19-20-24-30-35-40-45-53(56)59-48-52(61-55(58)47-42-37-32-27-26-29-34-39-44-51(5)8-3)49-60-54(57)46-41-36-31-25-22-21-23-28-33-38-43-50(4)7-2/h50-52H,6-49H2,1-5H3/t50?,51?,52-/m0/s1. The summed E-state index contributed by atoms with van der Waals surface area (Å²) < 4.78 is 16.8. The van der Waals surface area contributed by atoms with Crippen LogP contribution in [0.1, 0.15) is 304 Å². The summed E-state index contributed by atoms with van der Waals surface area (Å²) in [6, 6.07) is 0. The van der Waals surface area contributed by atoms with E-state index in [0.717, 1.165) is 69.6 Å². The molecule has 61 heavy (non-hydrogen) atoms. The van der Waals surface area contributed by atoms with Gasteiger partial charge in [-0.1, -0.05) is 266 Å². The van der Waals surface area contributed by atoms with Gasteiger partial charge in [0.25, 0.3) is 0 Å². The number of carbonyl (C=O) groups is 3. The van der Waals surface area contributed by atoms with Crippen LogP contribution < -0.4 is 0 Å². The normalized spacial score (nSPS) is 12.9. The van der Waals surface area contributed by atoms with Crippen molar-refractivity contribution in [3.8, 4) is 0 Å². The van der Waals surface area contributed by atoms with Crippen molar-refractivity contribution in [2.75, 3.05) is 13.2 Å². The van der Waals surface area contributed by atoms with Crippen molar-refractivity contribution in [3.63, 3.8) is 0 Å². The van der Waals surface area contributed by atoms with E-state index in [1.165, 1.54) is 193 Å². The topological polar surface area (TPSA) is 78.9 Å². The molecule has 0 saturated heterocycles. The Bertz CT molecular complexity index is 935. The lowest BCUT2D eigenvalue weighted by Gasteiger charge is -2.18. The molecule has 0 aliphatic heterocycles. The van der Waals surface area contributed by atoms with Crippen LogP contribution in [-0.4, -0.2) is 37.2 Å². The van der Waals surface area contributed by atoms with Gasteiger partial charge in [0.05, 0.1) is 0 Å². The molecule has 0 amide bonds. The number of rotatable bonds is 49. The predicted octanol–water partition coefficient (Wildman–Crippen LogP) is 17.7. The summed E-state index contributed by atoms with van der Waals surface area (Å²) in [6.07, 6.45) is 49.4. The molecule has 0 N–H and O–H groups in total. The average molecular weight is 863 g/mol. The van der Waals surface area contributed by atoms with Gasteiger partial charge in [-0.2, -0.15) is 0 Å². The highest BCUT2D eigenvalue weighted by molar-refractivity contribution is 5.71. The molecule has 6 nitrogen and oxygen atoms in total.